The van der Waals surface area contributed by atoms with Crippen LogP contribution in [0.1, 0.15) is 25.6 Å². The second kappa shape index (κ2) is 5.21. The van der Waals surface area contributed by atoms with Gasteiger partial charge in [-0.2, -0.15) is 5.10 Å². The molecule has 0 fully saturated rings. The van der Waals surface area contributed by atoms with Gasteiger partial charge in [-0.15, -0.1) is 0 Å². The van der Waals surface area contributed by atoms with E-state index in [1.807, 2.05) is 20.8 Å². The summed E-state index contributed by atoms with van der Waals surface area (Å²) in [4.78, 5) is 0. The van der Waals surface area contributed by atoms with Gasteiger partial charge in [-0.05, 0) is 54.9 Å². The van der Waals surface area contributed by atoms with Crippen LogP contribution in [0.4, 0.5) is 10.1 Å². The molecular formula is C13H15BrFN3O. The second-order valence-electron chi connectivity index (χ2n) is 4.52. The van der Waals surface area contributed by atoms with Crippen molar-refractivity contribution in [3.05, 3.63) is 34.2 Å². The number of halogens is 2. The molecule has 1 heterocycles. The molecule has 2 rings (SSSR count). The Morgan fingerprint density at radius 3 is 2.68 bits per heavy atom. The van der Waals surface area contributed by atoms with Gasteiger partial charge in [-0.1, -0.05) is 0 Å². The fourth-order valence-corrected chi connectivity index (χ4v) is 2.00. The van der Waals surface area contributed by atoms with Crippen molar-refractivity contribution in [3.63, 3.8) is 0 Å². The summed E-state index contributed by atoms with van der Waals surface area (Å²) >= 11 is 3.12. The molecule has 0 aliphatic carbocycles. The zero-order valence-corrected chi connectivity index (χ0v) is 12.5. The Morgan fingerprint density at radius 2 is 2.11 bits per heavy atom. The van der Waals surface area contributed by atoms with Crippen LogP contribution in [0.5, 0.6) is 11.6 Å². The third kappa shape index (κ3) is 2.73. The number of nitrogen functional groups attached to an aromatic ring is 1. The van der Waals surface area contributed by atoms with E-state index in [9.17, 15) is 4.39 Å². The molecule has 2 N–H and O–H groups in total. The number of rotatable bonds is 3. The van der Waals surface area contributed by atoms with Crippen LogP contribution in [0.25, 0.3) is 0 Å². The summed E-state index contributed by atoms with van der Waals surface area (Å²) < 4.78 is 21.0. The van der Waals surface area contributed by atoms with Crippen LogP contribution >= 0.6 is 15.9 Å². The van der Waals surface area contributed by atoms with Crippen LogP contribution in [0.2, 0.25) is 0 Å². The molecule has 0 aliphatic heterocycles. The van der Waals surface area contributed by atoms with E-state index in [1.54, 1.807) is 16.8 Å². The minimum atomic E-state index is -0.339. The Labute approximate surface area is 119 Å². The van der Waals surface area contributed by atoms with Gasteiger partial charge in [-0.25, -0.2) is 9.07 Å². The number of hydrogen-bond donors (Lipinski definition) is 1. The lowest BCUT2D eigenvalue weighted by atomic mass is 10.3. The van der Waals surface area contributed by atoms with E-state index in [1.165, 1.54) is 6.07 Å². The molecule has 0 saturated carbocycles. The lowest BCUT2D eigenvalue weighted by molar-refractivity contribution is 0.389. The van der Waals surface area contributed by atoms with Gasteiger partial charge in [0.2, 0.25) is 5.88 Å². The predicted octanol–water partition coefficient (Wildman–Crippen LogP) is 4.05. The van der Waals surface area contributed by atoms with Crippen LogP contribution in [-0.2, 0) is 0 Å². The van der Waals surface area contributed by atoms with Crippen LogP contribution < -0.4 is 10.5 Å². The molecule has 1 aromatic heterocycles. The highest BCUT2D eigenvalue weighted by molar-refractivity contribution is 9.10. The summed E-state index contributed by atoms with van der Waals surface area (Å²) in [7, 11) is 0. The average molecular weight is 328 g/mol. The van der Waals surface area contributed by atoms with Gasteiger partial charge in [0.05, 0.1) is 16.2 Å². The van der Waals surface area contributed by atoms with Crippen LogP contribution in [0.3, 0.4) is 0 Å². The van der Waals surface area contributed by atoms with Crippen molar-refractivity contribution >= 4 is 21.6 Å². The summed E-state index contributed by atoms with van der Waals surface area (Å²) in [5, 5.41) is 4.33. The summed E-state index contributed by atoms with van der Waals surface area (Å²) in [5.41, 5.74) is 7.17. The third-order valence-electron chi connectivity index (χ3n) is 2.68. The smallest absolute Gasteiger partial charge is 0.241 e. The van der Waals surface area contributed by atoms with Crippen molar-refractivity contribution in [2.24, 2.45) is 0 Å². The average Bonchev–Trinajstić information content (AvgIpc) is 2.62. The highest BCUT2D eigenvalue weighted by atomic mass is 79.9. The molecule has 6 heteroatoms. The number of nitrogens with two attached hydrogens (primary N) is 1. The number of aromatic nitrogens is 2. The molecule has 0 spiro atoms. The Morgan fingerprint density at radius 1 is 1.42 bits per heavy atom. The number of nitrogens with zero attached hydrogens (tertiary/aromatic N) is 2. The van der Waals surface area contributed by atoms with Crippen LogP contribution in [0, 0.1) is 12.7 Å². The fourth-order valence-electron chi connectivity index (χ4n) is 1.64. The van der Waals surface area contributed by atoms with E-state index in [4.69, 9.17) is 10.5 Å². The van der Waals surface area contributed by atoms with E-state index in [0.717, 1.165) is 0 Å². The largest absolute Gasteiger partial charge is 0.437 e. The van der Waals surface area contributed by atoms with Gasteiger partial charge in [0.25, 0.3) is 0 Å². The van der Waals surface area contributed by atoms with E-state index < -0.39 is 0 Å². The predicted molar refractivity (Wildman–Crippen MR) is 75.9 cm³/mol. The molecule has 0 amide bonds. The Bertz CT molecular complexity index is 610. The van der Waals surface area contributed by atoms with Gasteiger partial charge in [0.1, 0.15) is 17.3 Å². The standard InChI is InChI=1S/C13H15BrFN3O/c1-7(2)18-13(12(16)8(3)17-18)19-9-4-5-11(15)10(14)6-9/h4-7H,16H2,1-3H3. The SMILES string of the molecule is Cc1nn(C(C)C)c(Oc2ccc(F)c(Br)c2)c1N. The van der Waals surface area contributed by atoms with E-state index >= 15 is 0 Å². The minimum Gasteiger partial charge on any atom is -0.437 e. The fraction of sp³-hybridized carbons (Fsp3) is 0.308. The normalized spacial score (nSPS) is 11.1. The third-order valence-corrected chi connectivity index (χ3v) is 3.29. The van der Waals surface area contributed by atoms with E-state index in [2.05, 4.69) is 21.0 Å². The van der Waals surface area contributed by atoms with E-state index in [-0.39, 0.29) is 11.9 Å². The molecule has 0 radical (unpaired) electrons. The molecule has 0 bridgehead atoms. The Kier molecular flexibility index (Phi) is 3.80. The first-order valence-electron chi connectivity index (χ1n) is 5.87. The maximum Gasteiger partial charge on any atom is 0.241 e. The van der Waals surface area contributed by atoms with Crippen LogP contribution in [0.15, 0.2) is 22.7 Å². The highest BCUT2D eigenvalue weighted by Crippen LogP contribution is 2.33. The number of aryl methyl sites for hydroxylation is 1. The second-order valence-corrected chi connectivity index (χ2v) is 5.37. The minimum absolute atomic E-state index is 0.120. The first-order chi connectivity index (χ1) is 8.90. The first-order valence-corrected chi connectivity index (χ1v) is 6.67. The summed E-state index contributed by atoms with van der Waals surface area (Å²) in [6.45, 7) is 5.79. The molecule has 102 valence electrons. The molecular weight excluding hydrogens is 313 g/mol. The molecule has 1 aromatic carbocycles. The quantitative estimate of drug-likeness (QED) is 0.925. The Balaban J connectivity index is 2.40. The van der Waals surface area contributed by atoms with Gasteiger partial charge < -0.3 is 10.5 Å². The summed E-state index contributed by atoms with van der Waals surface area (Å²) in [6.07, 6.45) is 0. The van der Waals surface area contributed by atoms with Crippen molar-refractivity contribution in [3.8, 4) is 11.6 Å². The highest BCUT2D eigenvalue weighted by Gasteiger charge is 2.17. The van der Waals surface area contributed by atoms with E-state index in [0.29, 0.717) is 27.5 Å². The summed E-state index contributed by atoms with van der Waals surface area (Å²) in [6, 6.07) is 4.56. The zero-order valence-electron chi connectivity index (χ0n) is 10.9. The topological polar surface area (TPSA) is 53.1 Å². The lowest BCUT2D eigenvalue weighted by Crippen LogP contribution is -2.05. The lowest BCUT2D eigenvalue weighted by Gasteiger charge is -2.12. The molecule has 2 aromatic rings. The van der Waals surface area contributed by atoms with Crippen molar-refractivity contribution in [2.75, 3.05) is 5.73 Å². The summed E-state index contributed by atoms with van der Waals surface area (Å²) in [5.74, 6) is 0.640. The molecule has 19 heavy (non-hydrogen) atoms. The maximum absolute atomic E-state index is 13.2. The van der Waals surface area contributed by atoms with Crippen molar-refractivity contribution < 1.29 is 9.13 Å². The van der Waals surface area contributed by atoms with Gasteiger partial charge in [-0.3, -0.25) is 0 Å². The number of ether oxygens (including phenoxy) is 1. The maximum atomic E-state index is 13.2. The van der Waals surface area contributed by atoms with Gasteiger partial charge in [0, 0.05) is 0 Å². The molecule has 0 atom stereocenters. The monoisotopic (exact) mass is 327 g/mol. The number of hydrogen-bond acceptors (Lipinski definition) is 3. The molecule has 0 aliphatic rings. The Hall–Kier alpha value is -1.56. The zero-order chi connectivity index (χ0) is 14.2. The molecule has 4 nitrogen and oxygen atoms in total. The van der Waals surface area contributed by atoms with Crippen molar-refractivity contribution in [1.82, 2.24) is 9.78 Å². The number of benzene rings is 1. The molecule has 0 saturated heterocycles. The van der Waals surface area contributed by atoms with Crippen molar-refractivity contribution in [2.45, 2.75) is 26.8 Å². The van der Waals surface area contributed by atoms with Crippen molar-refractivity contribution in [1.29, 1.82) is 0 Å². The molecule has 0 unspecified atom stereocenters. The van der Waals surface area contributed by atoms with Crippen LogP contribution in [-0.4, -0.2) is 9.78 Å². The van der Waals surface area contributed by atoms with Gasteiger partial charge >= 0.3 is 0 Å². The first kappa shape index (κ1) is 13.9. The van der Waals surface area contributed by atoms with Gasteiger partial charge in [0.15, 0.2) is 0 Å². The number of anilines is 1.